The average molecular weight is 283 g/mol. The number of rotatable bonds is 7. The highest BCUT2D eigenvalue weighted by Gasteiger charge is 2.16. The van der Waals surface area contributed by atoms with Crippen LogP contribution in [0, 0.1) is 5.92 Å². The summed E-state index contributed by atoms with van der Waals surface area (Å²) >= 11 is 0. The van der Waals surface area contributed by atoms with E-state index in [4.69, 9.17) is 9.63 Å². The van der Waals surface area contributed by atoms with Gasteiger partial charge in [0.05, 0.1) is 18.2 Å². The quantitative estimate of drug-likeness (QED) is 0.785. The molecule has 20 heavy (non-hydrogen) atoms. The maximum Gasteiger partial charge on any atom is 0.307 e. The number of carboxylic acids is 1. The molecule has 0 saturated heterocycles. The SMILES string of the molecule is CC(CN(C)CC(=O)Nc1cc(C(C)C)no1)C(=O)O. The fourth-order valence-corrected chi connectivity index (χ4v) is 1.65. The number of likely N-dealkylation sites (N-methyl/N-ethyl adjacent to an activating group) is 1. The Labute approximate surface area is 117 Å². The number of hydrogen-bond donors (Lipinski definition) is 2. The van der Waals surface area contributed by atoms with Crippen molar-refractivity contribution >= 4 is 17.8 Å². The van der Waals surface area contributed by atoms with Crippen molar-refractivity contribution in [2.24, 2.45) is 5.92 Å². The highest BCUT2D eigenvalue weighted by Crippen LogP contribution is 2.17. The second-order valence-corrected chi connectivity index (χ2v) is 5.25. The molecule has 1 rings (SSSR count). The Bertz CT molecular complexity index is 470. The Kier molecular flexibility index (Phi) is 5.69. The molecule has 7 heteroatoms. The fraction of sp³-hybridized carbons (Fsp3) is 0.615. The number of nitrogens with one attached hydrogen (secondary N) is 1. The zero-order chi connectivity index (χ0) is 15.3. The van der Waals surface area contributed by atoms with E-state index >= 15 is 0 Å². The van der Waals surface area contributed by atoms with Gasteiger partial charge in [-0.1, -0.05) is 25.9 Å². The molecule has 1 heterocycles. The van der Waals surface area contributed by atoms with E-state index < -0.39 is 11.9 Å². The Balaban J connectivity index is 2.44. The predicted octanol–water partition coefficient (Wildman–Crippen LogP) is 1.39. The van der Waals surface area contributed by atoms with Crippen LogP contribution >= 0.6 is 0 Å². The Morgan fingerprint density at radius 2 is 2.10 bits per heavy atom. The van der Waals surface area contributed by atoms with E-state index in [1.165, 1.54) is 0 Å². The van der Waals surface area contributed by atoms with Crippen LogP contribution in [0.25, 0.3) is 0 Å². The van der Waals surface area contributed by atoms with Crippen molar-refractivity contribution in [3.05, 3.63) is 11.8 Å². The zero-order valence-electron chi connectivity index (χ0n) is 12.2. The van der Waals surface area contributed by atoms with E-state index in [-0.39, 0.29) is 18.4 Å². The number of carboxylic acid groups (broad SMARTS) is 1. The molecule has 1 amide bonds. The van der Waals surface area contributed by atoms with Crippen LogP contribution in [0.4, 0.5) is 5.88 Å². The van der Waals surface area contributed by atoms with Gasteiger partial charge in [-0.2, -0.15) is 0 Å². The van der Waals surface area contributed by atoms with E-state index in [9.17, 15) is 9.59 Å². The molecule has 0 aliphatic heterocycles. The number of hydrogen-bond acceptors (Lipinski definition) is 5. The highest BCUT2D eigenvalue weighted by atomic mass is 16.5. The van der Waals surface area contributed by atoms with Gasteiger partial charge >= 0.3 is 5.97 Å². The largest absolute Gasteiger partial charge is 0.481 e. The third kappa shape index (κ3) is 5.00. The topological polar surface area (TPSA) is 95.7 Å². The van der Waals surface area contributed by atoms with Crippen molar-refractivity contribution in [3.63, 3.8) is 0 Å². The van der Waals surface area contributed by atoms with Crippen LogP contribution in [0.1, 0.15) is 32.4 Å². The molecular formula is C13H21N3O4. The van der Waals surface area contributed by atoms with Gasteiger partial charge in [0.1, 0.15) is 0 Å². The standard InChI is InChI=1S/C13H21N3O4/c1-8(2)10-5-12(20-15-10)14-11(17)7-16(4)6-9(3)13(18)19/h5,8-9H,6-7H2,1-4H3,(H,14,17)(H,18,19). The Morgan fingerprint density at radius 1 is 1.45 bits per heavy atom. The van der Waals surface area contributed by atoms with Gasteiger partial charge in [0.2, 0.25) is 11.8 Å². The van der Waals surface area contributed by atoms with Gasteiger partial charge in [0, 0.05) is 12.6 Å². The third-order valence-electron chi connectivity index (χ3n) is 2.80. The van der Waals surface area contributed by atoms with Gasteiger partial charge in [0.25, 0.3) is 0 Å². The first-order valence-electron chi connectivity index (χ1n) is 6.47. The zero-order valence-corrected chi connectivity index (χ0v) is 12.2. The number of anilines is 1. The minimum Gasteiger partial charge on any atom is -0.481 e. The van der Waals surface area contributed by atoms with Crippen molar-refractivity contribution in [3.8, 4) is 0 Å². The van der Waals surface area contributed by atoms with Crippen LogP contribution in [0.2, 0.25) is 0 Å². The van der Waals surface area contributed by atoms with Gasteiger partial charge < -0.3 is 9.63 Å². The minimum absolute atomic E-state index is 0.0926. The van der Waals surface area contributed by atoms with E-state index in [2.05, 4.69) is 10.5 Å². The lowest BCUT2D eigenvalue weighted by Gasteiger charge is -2.17. The number of carbonyl (C=O) groups excluding carboxylic acids is 1. The molecule has 7 nitrogen and oxygen atoms in total. The maximum absolute atomic E-state index is 11.8. The summed E-state index contributed by atoms with van der Waals surface area (Å²) in [5, 5.41) is 15.2. The average Bonchev–Trinajstić information content (AvgIpc) is 2.76. The van der Waals surface area contributed by atoms with Gasteiger partial charge in [-0.05, 0) is 13.0 Å². The first kappa shape index (κ1) is 16.2. The Morgan fingerprint density at radius 3 is 2.60 bits per heavy atom. The molecule has 1 unspecified atom stereocenters. The summed E-state index contributed by atoms with van der Waals surface area (Å²) in [6.07, 6.45) is 0. The molecule has 1 aromatic heterocycles. The van der Waals surface area contributed by atoms with Crippen LogP contribution in [0.5, 0.6) is 0 Å². The molecule has 0 bridgehead atoms. The summed E-state index contributed by atoms with van der Waals surface area (Å²) in [5.74, 6) is -1.14. The Hall–Kier alpha value is -1.89. The van der Waals surface area contributed by atoms with Gasteiger partial charge in [-0.3, -0.25) is 19.8 Å². The molecule has 0 saturated carbocycles. The molecule has 0 aliphatic carbocycles. The van der Waals surface area contributed by atoms with Crippen LogP contribution in [-0.4, -0.2) is 47.2 Å². The van der Waals surface area contributed by atoms with Gasteiger partial charge in [0.15, 0.2) is 0 Å². The van der Waals surface area contributed by atoms with Gasteiger partial charge in [-0.15, -0.1) is 0 Å². The van der Waals surface area contributed by atoms with Crippen LogP contribution in [0.15, 0.2) is 10.6 Å². The van der Waals surface area contributed by atoms with Crippen molar-refractivity contribution in [1.82, 2.24) is 10.1 Å². The number of aliphatic carboxylic acids is 1. The number of carbonyl (C=O) groups is 2. The normalized spacial score (nSPS) is 12.7. The van der Waals surface area contributed by atoms with E-state index in [1.54, 1.807) is 24.9 Å². The summed E-state index contributed by atoms with van der Waals surface area (Å²) in [6.45, 7) is 5.95. The number of aromatic nitrogens is 1. The van der Waals surface area contributed by atoms with Crippen molar-refractivity contribution < 1.29 is 19.2 Å². The molecule has 1 atom stereocenters. The smallest absolute Gasteiger partial charge is 0.307 e. The van der Waals surface area contributed by atoms with E-state index in [1.807, 2.05) is 13.8 Å². The second kappa shape index (κ2) is 7.04. The molecular weight excluding hydrogens is 262 g/mol. The molecule has 0 aromatic carbocycles. The van der Waals surface area contributed by atoms with Crippen molar-refractivity contribution in [2.45, 2.75) is 26.7 Å². The monoisotopic (exact) mass is 283 g/mol. The predicted molar refractivity (Wildman–Crippen MR) is 73.5 cm³/mol. The van der Waals surface area contributed by atoms with Crippen LogP contribution in [0.3, 0.4) is 0 Å². The lowest BCUT2D eigenvalue weighted by atomic mass is 10.1. The minimum atomic E-state index is -0.880. The van der Waals surface area contributed by atoms with Crippen molar-refractivity contribution in [2.75, 3.05) is 25.5 Å². The number of nitrogens with zero attached hydrogens (tertiary/aromatic N) is 2. The molecule has 112 valence electrons. The lowest BCUT2D eigenvalue weighted by Crippen LogP contribution is -2.35. The lowest BCUT2D eigenvalue weighted by molar-refractivity contribution is -0.141. The summed E-state index contributed by atoms with van der Waals surface area (Å²) in [4.78, 5) is 24.1. The van der Waals surface area contributed by atoms with E-state index in [0.717, 1.165) is 5.69 Å². The molecule has 0 fully saturated rings. The molecule has 0 aliphatic rings. The molecule has 0 radical (unpaired) electrons. The summed E-state index contributed by atoms with van der Waals surface area (Å²) in [6, 6.07) is 1.68. The first-order chi connectivity index (χ1) is 9.29. The van der Waals surface area contributed by atoms with Crippen molar-refractivity contribution in [1.29, 1.82) is 0 Å². The molecule has 1 aromatic rings. The maximum atomic E-state index is 11.8. The fourth-order valence-electron chi connectivity index (χ4n) is 1.65. The summed E-state index contributed by atoms with van der Waals surface area (Å²) in [5.41, 5.74) is 0.771. The highest BCUT2D eigenvalue weighted by molar-refractivity contribution is 5.91. The number of amides is 1. The second-order valence-electron chi connectivity index (χ2n) is 5.25. The molecule has 2 N–H and O–H groups in total. The van der Waals surface area contributed by atoms with Crippen LogP contribution < -0.4 is 5.32 Å². The molecule has 0 spiro atoms. The van der Waals surface area contributed by atoms with Crippen LogP contribution in [-0.2, 0) is 9.59 Å². The van der Waals surface area contributed by atoms with E-state index in [0.29, 0.717) is 12.4 Å². The van der Waals surface area contributed by atoms with Gasteiger partial charge in [-0.25, -0.2) is 0 Å². The third-order valence-corrected chi connectivity index (χ3v) is 2.80. The summed E-state index contributed by atoms with van der Waals surface area (Å²) < 4.78 is 5.00. The summed E-state index contributed by atoms with van der Waals surface area (Å²) in [7, 11) is 1.69. The first-order valence-corrected chi connectivity index (χ1v) is 6.47.